The number of hydrogen-bond acceptors (Lipinski definition) is 2. The lowest BCUT2D eigenvalue weighted by Crippen LogP contribution is -2.15. The molecule has 0 radical (unpaired) electrons. The van der Waals surface area contributed by atoms with Gasteiger partial charge in [-0.05, 0) is 28.7 Å². The van der Waals surface area contributed by atoms with Crippen molar-refractivity contribution >= 4 is 34.8 Å². The number of carbonyl (C=O) groups is 2. The second-order valence-corrected chi connectivity index (χ2v) is 3.35. The first-order valence-electron chi connectivity index (χ1n) is 3.20. The number of amides is 1. The van der Waals surface area contributed by atoms with E-state index in [1.165, 1.54) is 0 Å². The lowest BCUT2D eigenvalue weighted by molar-refractivity contribution is 0.0992. The van der Waals surface area contributed by atoms with Gasteiger partial charge in [-0.3, -0.25) is 9.59 Å². The average Bonchev–Trinajstić information content (AvgIpc) is 2.03. The van der Waals surface area contributed by atoms with E-state index in [1.54, 1.807) is 18.2 Å². The molecule has 1 aromatic carbocycles. The normalized spacial score (nSPS) is 9.42. The van der Waals surface area contributed by atoms with Crippen molar-refractivity contribution in [2.75, 3.05) is 0 Å². The van der Waals surface area contributed by atoms with Crippen molar-refractivity contribution in [3.63, 3.8) is 0 Å². The largest absolute Gasteiger partial charge is 0.366 e. The van der Waals surface area contributed by atoms with E-state index in [0.717, 1.165) is 0 Å². The molecule has 0 spiro atoms. The molecule has 0 aliphatic rings. The third-order valence-corrected chi connectivity index (χ3v) is 2.32. The van der Waals surface area contributed by atoms with Crippen molar-refractivity contribution in [2.45, 2.75) is 0 Å². The SMILES string of the molecule is NC(=O)c1c(I)cccc1C=O. The molecule has 3 nitrogen and oxygen atoms in total. The Balaban J connectivity index is 3.39. The van der Waals surface area contributed by atoms with Crippen LogP contribution in [0.2, 0.25) is 0 Å². The van der Waals surface area contributed by atoms with Gasteiger partial charge in [0.1, 0.15) is 0 Å². The van der Waals surface area contributed by atoms with Crippen LogP contribution in [0.5, 0.6) is 0 Å². The molecule has 1 aromatic rings. The maximum Gasteiger partial charge on any atom is 0.250 e. The van der Waals surface area contributed by atoms with E-state index in [1.807, 2.05) is 22.6 Å². The zero-order valence-corrected chi connectivity index (χ0v) is 8.24. The summed E-state index contributed by atoms with van der Waals surface area (Å²) in [6, 6.07) is 5.00. The molecule has 0 atom stereocenters. The van der Waals surface area contributed by atoms with E-state index in [0.29, 0.717) is 21.0 Å². The van der Waals surface area contributed by atoms with Crippen LogP contribution in [-0.4, -0.2) is 12.2 Å². The average molecular weight is 275 g/mol. The van der Waals surface area contributed by atoms with Gasteiger partial charge < -0.3 is 5.73 Å². The van der Waals surface area contributed by atoms with E-state index in [2.05, 4.69) is 0 Å². The Bertz CT molecular complexity index is 336. The number of primary amides is 1. The van der Waals surface area contributed by atoms with Gasteiger partial charge in [0.2, 0.25) is 0 Å². The monoisotopic (exact) mass is 275 g/mol. The molecule has 1 amide bonds. The highest BCUT2D eigenvalue weighted by molar-refractivity contribution is 14.1. The number of carbonyl (C=O) groups excluding carboxylic acids is 2. The first-order chi connectivity index (χ1) is 5.66. The molecule has 0 unspecified atom stereocenters. The van der Waals surface area contributed by atoms with Crippen molar-refractivity contribution in [2.24, 2.45) is 5.73 Å². The zero-order valence-electron chi connectivity index (χ0n) is 6.08. The van der Waals surface area contributed by atoms with Gasteiger partial charge in [0, 0.05) is 9.13 Å². The van der Waals surface area contributed by atoms with E-state index < -0.39 is 5.91 Å². The van der Waals surface area contributed by atoms with Crippen LogP contribution < -0.4 is 5.73 Å². The van der Waals surface area contributed by atoms with Gasteiger partial charge >= 0.3 is 0 Å². The molecular formula is C8H6INO2. The fourth-order valence-corrected chi connectivity index (χ4v) is 1.68. The summed E-state index contributed by atoms with van der Waals surface area (Å²) < 4.78 is 0.699. The highest BCUT2D eigenvalue weighted by atomic mass is 127. The smallest absolute Gasteiger partial charge is 0.250 e. The molecule has 0 bridgehead atoms. The Hall–Kier alpha value is -0.910. The minimum atomic E-state index is -0.567. The number of benzene rings is 1. The highest BCUT2D eigenvalue weighted by Crippen LogP contribution is 2.14. The molecular weight excluding hydrogens is 269 g/mol. The number of nitrogens with two attached hydrogens (primary N) is 1. The fourth-order valence-electron chi connectivity index (χ4n) is 0.899. The van der Waals surface area contributed by atoms with Crippen LogP contribution in [0, 0.1) is 3.57 Å². The molecule has 2 N–H and O–H groups in total. The molecule has 0 aromatic heterocycles. The number of aldehydes is 1. The number of halogens is 1. The summed E-state index contributed by atoms with van der Waals surface area (Å²) in [4.78, 5) is 21.3. The minimum Gasteiger partial charge on any atom is -0.366 e. The summed E-state index contributed by atoms with van der Waals surface area (Å²) in [7, 11) is 0. The van der Waals surface area contributed by atoms with Gasteiger partial charge in [0.15, 0.2) is 6.29 Å². The third-order valence-electron chi connectivity index (χ3n) is 1.42. The maximum atomic E-state index is 10.9. The van der Waals surface area contributed by atoms with E-state index in [4.69, 9.17) is 5.73 Å². The molecule has 12 heavy (non-hydrogen) atoms. The Kier molecular flexibility index (Phi) is 2.80. The second-order valence-electron chi connectivity index (χ2n) is 2.19. The van der Waals surface area contributed by atoms with E-state index >= 15 is 0 Å². The molecule has 62 valence electrons. The van der Waals surface area contributed by atoms with Crippen molar-refractivity contribution in [3.8, 4) is 0 Å². The standard InChI is InChI=1S/C8H6INO2/c9-6-3-1-2-5(4-11)7(6)8(10)12/h1-4H,(H2,10,12). The van der Waals surface area contributed by atoms with Crippen LogP contribution in [0.25, 0.3) is 0 Å². The third kappa shape index (κ3) is 1.63. The first-order valence-corrected chi connectivity index (χ1v) is 4.28. The van der Waals surface area contributed by atoms with Crippen LogP contribution in [0.15, 0.2) is 18.2 Å². The van der Waals surface area contributed by atoms with Crippen LogP contribution in [0.1, 0.15) is 20.7 Å². The fraction of sp³-hybridized carbons (Fsp3) is 0. The molecule has 0 aliphatic carbocycles. The van der Waals surface area contributed by atoms with Gasteiger partial charge in [-0.15, -0.1) is 0 Å². The highest BCUT2D eigenvalue weighted by Gasteiger charge is 2.10. The summed E-state index contributed by atoms with van der Waals surface area (Å²) in [6.07, 6.45) is 0.627. The minimum absolute atomic E-state index is 0.299. The molecule has 0 saturated heterocycles. The molecule has 1 rings (SSSR count). The van der Waals surface area contributed by atoms with Gasteiger partial charge in [-0.2, -0.15) is 0 Å². The molecule has 0 heterocycles. The molecule has 0 aliphatic heterocycles. The van der Waals surface area contributed by atoms with Crippen LogP contribution in [0.3, 0.4) is 0 Å². The maximum absolute atomic E-state index is 10.9. The zero-order chi connectivity index (χ0) is 9.14. The summed E-state index contributed by atoms with van der Waals surface area (Å²) in [5.74, 6) is -0.567. The van der Waals surface area contributed by atoms with Gasteiger partial charge in [-0.1, -0.05) is 12.1 Å². The lowest BCUT2D eigenvalue weighted by atomic mass is 10.1. The molecule has 0 fully saturated rings. The summed E-state index contributed by atoms with van der Waals surface area (Å²) in [6.45, 7) is 0. The van der Waals surface area contributed by atoms with Gasteiger partial charge in [0.05, 0.1) is 5.56 Å². The van der Waals surface area contributed by atoms with Crippen LogP contribution >= 0.6 is 22.6 Å². The predicted molar refractivity (Wildman–Crippen MR) is 53.1 cm³/mol. The Morgan fingerprint density at radius 3 is 2.58 bits per heavy atom. The summed E-state index contributed by atoms with van der Waals surface area (Å²) in [5.41, 5.74) is 5.73. The number of hydrogen-bond donors (Lipinski definition) is 1. The topological polar surface area (TPSA) is 60.2 Å². The first kappa shape index (κ1) is 9.18. The summed E-state index contributed by atoms with van der Waals surface area (Å²) in [5, 5.41) is 0. The Labute approximate surface area is 83.1 Å². The Morgan fingerprint density at radius 2 is 2.17 bits per heavy atom. The van der Waals surface area contributed by atoms with Crippen LogP contribution in [0.4, 0.5) is 0 Å². The Morgan fingerprint density at radius 1 is 1.50 bits per heavy atom. The molecule has 0 saturated carbocycles. The van der Waals surface area contributed by atoms with Gasteiger partial charge in [-0.25, -0.2) is 0 Å². The predicted octanol–water partition coefficient (Wildman–Crippen LogP) is 1.20. The van der Waals surface area contributed by atoms with Crippen molar-refractivity contribution < 1.29 is 9.59 Å². The summed E-state index contributed by atoms with van der Waals surface area (Å²) >= 11 is 1.96. The van der Waals surface area contributed by atoms with E-state index in [9.17, 15) is 9.59 Å². The molecule has 4 heteroatoms. The van der Waals surface area contributed by atoms with E-state index in [-0.39, 0.29) is 0 Å². The lowest BCUT2D eigenvalue weighted by Gasteiger charge is -2.01. The second kappa shape index (κ2) is 3.66. The van der Waals surface area contributed by atoms with Crippen molar-refractivity contribution in [1.82, 2.24) is 0 Å². The van der Waals surface area contributed by atoms with Crippen molar-refractivity contribution in [3.05, 3.63) is 32.9 Å². The van der Waals surface area contributed by atoms with Gasteiger partial charge in [0.25, 0.3) is 5.91 Å². The quantitative estimate of drug-likeness (QED) is 0.651. The van der Waals surface area contributed by atoms with Crippen LogP contribution in [-0.2, 0) is 0 Å². The number of rotatable bonds is 2. The van der Waals surface area contributed by atoms with Crippen molar-refractivity contribution in [1.29, 1.82) is 0 Å².